The van der Waals surface area contributed by atoms with Crippen molar-refractivity contribution < 1.29 is 19.0 Å². The van der Waals surface area contributed by atoms with Crippen molar-refractivity contribution in [2.45, 2.75) is 53.7 Å². The Balaban J connectivity index is 1.88. The van der Waals surface area contributed by atoms with E-state index >= 15 is 0 Å². The highest BCUT2D eigenvalue weighted by Crippen LogP contribution is 2.46. The molecule has 1 atom stereocenters. The lowest BCUT2D eigenvalue weighted by Crippen LogP contribution is -2.33. The van der Waals surface area contributed by atoms with E-state index in [4.69, 9.17) is 14.2 Å². The summed E-state index contributed by atoms with van der Waals surface area (Å²) >= 11 is 1.59. The van der Waals surface area contributed by atoms with Crippen LogP contribution in [0.1, 0.15) is 61.6 Å². The van der Waals surface area contributed by atoms with Crippen molar-refractivity contribution in [3.05, 3.63) is 57.0 Å². The van der Waals surface area contributed by atoms with Gasteiger partial charge in [0.2, 0.25) is 0 Å². The number of hydrogen-bond donors (Lipinski definition) is 0. The average molecular weight is 497 g/mol. The second-order valence-corrected chi connectivity index (χ2v) is 10.7. The molecule has 2 aromatic heterocycles. The van der Waals surface area contributed by atoms with Crippen LogP contribution < -0.4 is 10.2 Å². The quantitative estimate of drug-likeness (QED) is 0.402. The van der Waals surface area contributed by atoms with Crippen LogP contribution in [0, 0.1) is 5.41 Å². The number of rotatable bonds is 7. The smallest absolute Gasteiger partial charge is 0.343 e. The van der Waals surface area contributed by atoms with Crippen LogP contribution in [0.3, 0.4) is 0 Å². The predicted octanol–water partition coefficient (Wildman–Crippen LogP) is 5.50. The number of aromatic nitrogens is 2. The number of nitrogens with zero attached hydrogens (tertiary/aromatic N) is 2. The highest BCUT2D eigenvalue weighted by Gasteiger charge is 2.34. The van der Waals surface area contributed by atoms with Gasteiger partial charge in [0, 0.05) is 42.2 Å². The average Bonchev–Trinajstić information content (AvgIpc) is 3.29. The van der Waals surface area contributed by atoms with Gasteiger partial charge in [-0.3, -0.25) is 4.79 Å². The number of benzene rings is 1. The zero-order chi connectivity index (χ0) is 25.3. The fourth-order valence-electron chi connectivity index (χ4n) is 4.50. The molecule has 0 saturated carbocycles. The molecule has 0 aliphatic carbocycles. The van der Waals surface area contributed by atoms with Gasteiger partial charge in [0.15, 0.2) is 5.43 Å². The first kappa shape index (κ1) is 25.1. The summed E-state index contributed by atoms with van der Waals surface area (Å²) in [4.78, 5) is 30.9. The van der Waals surface area contributed by atoms with Crippen LogP contribution in [0.2, 0.25) is 0 Å². The van der Waals surface area contributed by atoms with Gasteiger partial charge in [0.25, 0.3) is 0 Å². The fourth-order valence-corrected chi connectivity index (χ4v) is 5.38. The minimum absolute atomic E-state index is 0.0370. The molecule has 0 fully saturated rings. The molecule has 0 saturated heterocycles. The van der Waals surface area contributed by atoms with Crippen molar-refractivity contribution in [3.8, 4) is 27.4 Å². The van der Waals surface area contributed by atoms with Crippen LogP contribution in [0.4, 0.5) is 0 Å². The summed E-state index contributed by atoms with van der Waals surface area (Å²) in [6.45, 7) is 11.5. The molecule has 1 aromatic carbocycles. The molecule has 1 aliphatic rings. The molecular weight excluding hydrogens is 464 g/mol. The number of esters is 1. The normalized spacial score (nSPS) is 14.9. The topological polar surface area (TPSA) is 79.7 Å². The Bertz CT molecular complexity index is 1300. The standard InChI is InChI=1S/C27H32N2O5S/c1-7-33-15-25-28-13-23(35-25)18-9-16-10-24(27(3,4)5)29-14-19(26(31)34-8-2)21(30)12-20(29)17(16)11-22(18)32-6/h9,11-14,24H,7-8,10,15H2,1-6H3. The van der Waals surface area contributed by atoms with Gasteiger partial charge in [-0.25, -0.2) is 9.78 Å². The highest BCUT2D eigenvalue weighted by molar-refractivity contribution is 7.15. The zero-order valence-electron chi connectivity index (χ0n) is 21.1. The van der Waals surface area contributed by atoms with Crippen molar-refractivity contribution >= 4 is 17.3 Å². The number of pyridine rings is 1. The van der Waals surface area contributed by atoms with E-state index in [1.165, 1.54) is 0 Å². The van der Waals surface area contributed by atoms with E-state index in [2.05, 4.69) is 36.4 Å². The highest BCUT2D eigenvalue weighted by atomic mass is 32.1. The van der Waals surface area contributed by atoms with Crippen molar-refractivity contribution in [1.82, 2.24) is 9.55 Å². The molecule has 7 nitrogen and oxygen atoms in total. The Kier molecular flexibility index (Phi) is 7.15. The summed E-state index contributed by atoms with van der Waals surface area (Å²) in [6.07, 6.45) is 4.27. The lowest BCUT2D eigenvalue weighted by Gasteiger charge is -2.39. The molecule has 186 valence electrons. The summed E-state index contributed by atoms with van der Waals surface area (Å²) in [5.41, 5.74) is 3.39. The van der Waals surface area contributed by atoms with E-state index < -0.39 is 5.97 Å². The first-order chi connectivity index (χ1) is 16.7. The van der Waals surface area contributed by atoms with Crippen LogP contribution in [0.5, 0.6) is 5.75 Å². The molecule has 0 amide bonds. The van der Waals surface area contributed by atoms with Crippen molar-refractivity contribution in [2.75, 3.05) is 20.3 Å². The molecule has 4 rings (SSSR count). The number of carbonyl (C=O) groups is 1. The molecule has 35 heavy (non-hydrogen) atoms. The summed E-state index contributed by atoms with van der Waals surface area (Å²) < 4.78 is 18.5. The second-order valence-electron chi connectivity index (χ2n) is 9.62. The number of methoxy groups -OCH3 is 1. The molecule has 3 aromatic rings. The third-order valence-corrected chi connectivity index (χ3v) is 7.28. The van der Waals surface area contributed by atoms with Crippen molar-refractivity contribution in [1.29, 1.82) is 0 Å². The molecule has 1 aliphatic heterocycles. The minimum Gasteiger partial charge on any atom is -0.496 e. The molecule has 8 heteroatoms. The maximum Gasteiger partial charge on any atom is 0.343 e. The van der Waals surface area contributed by atoms with E-state index in [1.54, 1.807) is 37.6 Å². The van der Waals surface area contributed by atoms with Crippen LogP contribution in [-0.2, 0) is 22.5 Å². The monoisotopic (exact) mass is 496 g/mol. The van der Waals surface area contributed by atoms with Gasteiger partial charge >= 0.3 is 5.97 Å². The molecular formula is C27H32N2O5S. The third kappa shape index (κ3) is 4.90. The largest absolute Gasteiger partial charge is 0.496 e. The summed E-state index contributed by atoms with van der Waals surface area (Å²) in [7, 11) is 1.64. The molecule has 0 N–H and O–H groups in total. The second kappa shape index (κ2) is 9.95. The lowest BCUT2D eigenvalue weighted by atomic mass is 9.78. The molecule has 0 radical (unpaired) electrons. The third-order valence-electron chi connectivity index (χ3n) is 6.27. The Hall–Kier alpha value is -2.97. The van der Waals surface area contributed by atoms with Gasteiger partial charge in [0.05, 0.1) is 30.9 Å². The number of hydrogen-bond acceptors (Lipinski definition) is 7. The van der Waals surface area contributed by atoms with Crippen molar-refractivity contribution in [3.63, 3.8) is 0 Å². The fraction of sp³-hybridized carbons (Fsp3) is 0.444. The van der Waals surface area contributed by atoms with Gasteiger partial charge in [-0.1, -0.05) is 20.8 Å². The Morgan fingerprint density at radius 3 is 2.60 bits per heavy atom. The van der Waals surface area contributed by atoms with Crippen LogP contribution in [-0.4, -0.2) is 35.8 Å². The van der Waals surface area contributed by atoms with E-state index in [1.807, 2.05) is 19.2 Å². The van der Waals surface area contributed by atoms with E-state index in [-0.39, 0.29) is 29.1 Å². The first-order valence-corrected chi connectivity index (χ1v) is 12.7. The Labute approximate surface area is 209 Å². The summed E-state index contributed by atoms with van der Waals surface area (Å²) in [6, 6.07) is 5.73. The Morgan fingerprint density at radius 2 is 1.94 bits per heavy atom. The van der Waals surface area contributed by atoms with E-state index in [9.17, 15) is 9.59 Å². The predicted molar refractivity (Wildman–Crippen MR) is 137 cm³/mol. The van der Waals surface area contributed by atoms with Crippen LogP contribution in [0.15, 0.2) is 35.4 Å². The number of thiazole rings is 1. The van der Waals surface area contributed by atoms with E-state index in [0.29, 0.717) is 19.0 Å². The van der Waals surface area contributed by atoms with Crippen LogP contribution >= 0.6 is 11.3 Å². The first-order valence-electron chi connectivity index (χ1n) is 11.8. The maximum absolute atomic E-state index is 12.9. The molecule has 0 spiro atoms. The van der Waals surface area contributed by atoms with Gasteiger partial charge < -0.3 is 18.8 Å². The minimum atomic E-state index is -0.591. The molecule has 1 unspecified atom stereocenters. The lowest BCUT2D eigenvalue weighted by molar-refractivity contribution is 0.0523. The van der Waals surface area contributed by atoms with Gasteiger partial charge in [0.1, 0.15) is 16.3 Å². The summed E-state index contributed by atoms with van der Waals surface area (Å²) in [5, 5.41) is 0.914. The Morgan fingerprint density at radius 1 is 1.17 bits per heavy atom. The molecule has 3 heterocycles. The summed E-state index contributed by atoms with van der Waals surface area (Å²) in [5.74, 6) is 0.116. The number of ether oxygens (including phenoxy) is 3. The van der Waals surface area contributed by atoms with E-state index in [0.717, 1.165) is 38.7 Å². The molecule has 0 bridgehead atoms. The number of fused-ring (bicyclic) bond motifs is 3. The van der Waals surface area contributed by atoms with Crippen LogP contribution in [0.25, 0.3) is 21.7 Å². The van der Waals surface area contributed by atoms with Gasteiger partial charge in [-0.05, 0) is 43.4 Å². The van der Waals surface area contributed by atoms with Gasteiger partial charge in [-0.2, -0.15) is 0 Å². The number of carbonyl (C=O) groups excluding carboxylic acids is 1. The van der Waals surface area contributed by atoms with Gasteiger partial charge in [-0.15, -0.1) is 11.3 Å². The van der Waals surface area contributed by atoms with Crippen molar-refractivity contribution in [2.24, 2.45) is 5.41 Å². The zero-order valence-corrected chi connectivity index (χ0v) is 22.0. The SMILES string of the molecule is CCOCc1ncc(-c2cc3c(cc2OC)-c2cc(=O)c(C(=O)OCC)cn2C(C(C)(C)C)C3)s1. The maximum atomic E-state index is 12.9.